The molecule has 0 bridgehead atoms. The number of nitrogens with one attached hydrogen (secondary N) is 1. The lowest BCUT2D eigenvalue weighted by molar-refractivity contribution is 0.0886. The van der Waals surface area contributed by atoms with E-state index in [1.807, 2.05) is 31.2 Å². The van der Waals surface area contributed by atoms with Crippen molar-refractivity contribution in [1.82, 2.24) is 15.3 Å². The van der Waals surface area contributed by atoms with Crippen LogP contribution in [-0.2, 0) is 0 Å². The molecule has 1 N–H and O–H groups in total. The first-order chi connectivity index (χ1) is 12.2. The van der Waals surface area contributed by atoms with Crippen LogP contribution in [0.5, 0.6) is 11.8 Å². The van der Waals surface area contributed by atoms with Crippen LogP contribution in [0.1, 0.15) is 41.6 Å². The third-order valence-electron chi connectivity index (χ3n) is 4.39. The van der Waals surface area contributed by atoms with Crippen LogP contribution in [0, 0.1) is 6.92 Å². The van der Waals surface area contributed by atoms with Crippen molar-refractivity contribution in [2.75, 3.05) is 7.11 Å². The lowest BCUT2D eigenvalue weighted by Crippen LogP contribution is -2.39. The zero-order valence-corrected chi connectivity index (χ0v) is 14.6. The number of ether oxygens (including phenoxy) is 2. The summed E-state index contributed by atoms with van der Waals surface area (Å²) in [5, 5.41) is 3.12. The van der Waals surface area contributed by atoms with Crippen LogP contribution in [0.2, 0.25) is 0 Å². The first kappa shape index (κ1) is 17.2. The molecule has 0 unspecified atom stereocenters. The molecule has 0 spiro atoms. The Balaban J connectivity index is 1.51. The van der Waals surface area contributed by atoms with Gasteiger partial charge in [0.25, 0.3) is 17.7 Å². The molecule has 1 saturated carbocycles. The van der Waals surface area contributed by atoms with Gasteiger partial charge in [-0.05, 0) is 44.7 Å². The molecule has 0 radical (unpaired) electrons. The molecule has 1 aromatic heterocycles. The monoisotopic (exact) mass is 341 g/mol. The highest BCUT2D eigenvalue weighted by molar-refractivity contribution is 5.94. The Morgan fingerprint density at radius 3 is 2.52 bits per heavy atom. The summed E-state index contributed by atoms with van der Waals surface area (Å²) in [6.45, 7) is 1.99. The van der Waals surface area contributed by atoms with E-state index in [0.717, 1.165) is 31.2 Å². The van der Waals surface area contributed by atoms with Gasteiger partial charge in [0.15, 0.2) is 0 Å². The van der Waals surface area contributed by atoms with Crippen molar-refractivity contribution >= 4 is 5.91 Å². The van der Waals surface area contributed by atoms with E-state index in [4.69, 9.17) is 9.47 Å². The summed E-state index contributed by atoms with van der Waals surface area (Å²) in [6.07, 6.45) is 6.71. The quantitative estimate of drug-likeness (QED) is 0.905. The molecule has 0 saturated heterocycles. The number of methoxy groups -OCH3 is 1. The Labute approximate surface area is 147 Å². The Bertz CT molecular complexity index is 727. The van der Waals surface area contributed by atoms with Gasteiger partial charge in [0.05, 0.1) is 7.11 Å². The second kappa shape index (κ2) is 7.96. The molecule has 6 heteroatoms. The van der Waals surface area contributed by atoms with Gasteiger partial charge >= 0.3 is 0 Å². The summed E-state index contributed by atoms with van der Waals surface area (Å²) in [7, 11) is 1.55. The molecule has 2 aromatic rings. The third kappa shape index (κ3) is 4.47. The fourth-order valence-corrected chi connectivity index (χ4v) is 3.07. The smallest absolute Gasteiger partial charge is 0.278 e. The summed E-state index contributed by atoms with van der Waals surface area (Å²) in [6, 6.07) is 7.82. The van der Waals surface area contributed by atoms with Crippen molar-refractivity contribution < 1.29 is 14.3 Å². The fraction of sp³-hybridized carbons (Fsp3) is 0.421. The number of nitrogens with zero attached hydrogens (tertiary/aromatic N) is 2. The van der Waals surface area contributed by atoms with Crippen LogP contribution in [0.15, 0.2) is 36.7 Å². The normalized spacial score (nSPS) is 19.9. The molecule has 1 aliphatic carbocycles. The van der Waals surface area contributed by atoms with Crippen molar-refractivity contribution in [3.05, 3.63) is 47.8 Å². The number of rotatable bonds is 5. The number of aryl methyl sites for hydroxylation is 1. The second-order valence-corrected chi connectivity index (χ2v) is 6.31. The molecule has 3 rings (SSSR count). The standard InChI is InChI=1S/C19H23N3O3/c1-13-4-3-5-14(12-13)17(23)22-15-6-8-16(9-7-15)25-19-18(24-2)20-10-11-21-19/h3-5,10-12,15-16H,6-9H2,1-2H3,(H,22,23). The van der Waals surface area contributed by atoms with Gasteiger partial charge in [-0.1, -0.05) is 17.7 Å². The van der Waals surface area contributed by atoms with E-state index in [0.29, 0.717) is 17.3 Å². The average Bonchev–Trinajstić information content (AvgIpc) is 2.64. The van der Waals surface area contributed by atoms with E-state index >= 15 is 0 Å². The topological polar surface area (TPSA) is 73.3 Å². The van der Waals surface area contributed by atoms with Crippen LogP contribution < -0.4 is 14.8 Å². The summed E-state index contributed by atoms with van der Waals surface area (Å²) >= 11 is 0. The summed E-state index contributed by atoms with van der Waals surface area (Å²) < 4.78 is 11.1. The van der Waals surface area contributed by atoms with Crippen LogP contribution in [0.3, 0.4) is 0 Å². The molecule has 1 aliphatic rings. The largest absolute Gasteiger partial charge is 0.477 e. The van der Waals surface area contributed by atoms with E-state index in [1.54, 1.807) is 19.5 Å². The first-order valence-electron chi connectivity index (χ1n) is 8.55. The average molecular weight is 341 g/mol. The van der Waals surface area contributed by atoms with Crippen molar-refractivity contribution in [3.63, 3.8) is 0 Å². The molecular formula is C19H23N3O3. The summed E-state index contributed by atoms with van der Waals surface area (Å²) in [5.41, 5.74) is 1.80. The van der Waals surface area contributed by atoms with Gasteiger partial charge in [0.1, 0.15) is 6.10 Å². The lowest BCUT2D eigenvalue weighted by Gasteiger charge is -2.29. The minimum absolute atomic E-state index is 0.0105. The SMILES string of the molecule is COc1nccnc1OC1CCC(NC(=O)c2cccc(C)c2)CC1. The van der Waals surface area contributed by atoms with Crippen molar-refractivity contribution in [2.45, 2.75) is 44.8 Å². The number of carbonyl (C=O) groups is 1. The summed E-state index contributed by atoms with van der Waals surface area (Å²) in [5.74, 6) is 0.818. The van der Waals surface area contributed by atoms with E-state index in [-0.39, 0.29) is 18.1 Å². The molecule has 1 amide bonds. The number of carbonyl (C=O) groups excluding carboxylic acids is 1. The van der Waals surface area contributed by atoms with Gasteiger partial charge in [-0.3, -0.25) is 4.79 Å². The number of amides is 1. The van der Waals surface area contributed by atoms with Gasteiger partial charge in [-0.15, -0.1) is 0 Å². The number of hydrogen-bond acceptors (Lipinski definition) is 5. The molecule has 0 aliphatic heterocycles. The Kier molecular flexibility index (Phi) is 5.48. The molecule has 132 valence electrons. The molecule has 1 aromatic carbocycles. The zero-order chi connectivity index (χ0) is 17.6. The van der Waals surface area contributed by atoms with Crippen LogP contribution in [-0.4, -0.2) is 35.1 Å². The molecule has 1 fully saturated rings. The lowest BCUT2D eigenvalue weighted by atomic mass is 9.92. The third-order valence-corrected chi connectivity index (χ3v) is 4.39. The molecular weight excluding hydrogens is 318 g/mol. The highest BCUT2D eigenvalue weighted by Crippen LogP contribution is 2.27. The predicted octanol–water partition coefficient (Wildman–Crippen LogP) is 2.91. The van der Waals surface area contributed by atoms with Gasteiger partial charge in [0, 0.05) is 24.0 Å². The van der Waals surface area contributed by atoms with E-state index in [2.05, 4.69) is 15.3 Å². The van der Waals surface area contributed by atoms with Crippen LogP contribution in [0.25, 0.3) is 0 Å². The highest BCUT2D eigenvalue weighted by atomic mass is 16.5. The number of hydrogen-bond donors (Lipinski definition) is 1. The van der Waals surface area contributed by atoms with Gasteiger partial charge in [0.2, 0.25) is 0 Å². The molecule has 1 heterocycles. The van der Waals surface area contributed by atoms with Gasteiger partial charge < -0.3 is 14.8 Å². The van der Waals surface area contributed by atoms with E-state index < -0.39 is 0 Å². The maximum absolute atomic E-state index is 12.3. The fourth-order valence-electron chi connectivity index (χ4n) is 3.07. The Morgan fingerprint density at radius 1 is 1.12 bits per heavy atom. The molecule has 6 nitrogen and oxygen atoms in total. The van der Waals surface area contributed by atoms with Crippen molar-refractivity contribution in [2.24, 2.45) is 0 Å². The maximum atomic E-state index is 12.3. The van der Waals surface area contributed by atoms with E-state index in [9.17, 15) is 4.79 Å². The van der Waals surface area contributed by atoms with Gasteiger partial charge in [-0.2, -0.15) is 0 Å². The number of benzene rings is 1. The highest BCUT2D eigenvalue weighted by Gasteiger charge is 2.25. The zero-order valence-electron chi connectivity index (χ0n) is 14.6. The minimum Gasteiger partial charge on any atom is -0.477 e. The molecule has 25 heavy (non-hydrogen) atoms. The maximum Gasteiger partial charge on any atom is 0.278 e. The van der Waals surface area contributed by atoms with Crippen molar-refractivity contribution in [3.8, 4) is 11.8 Å². The first-order valence-corrected chi connectivity index (χ1v) is 8.55. The number of aromatic nitrogens is 2. The predicted molar refractivity (Wildman–Crippen MR) is 93.9 cm³/mol. The van der Waals surface area contributed by atoms with Crippen LogP contribution >= 0.6 is 0 Å². The Hall–Kier alpha value is -2.63. The van der Waals surface area contributed by atoms with Gasteiger partial charge in [-0.25, -0.2) is 9.97 Å². The van der Waals surface area contributed by atoms with Crippen LogP contribution in [0.4, 0.5) is 0 Å². The summed E-state index contributed by atoms with van der Waals surface area (Å²) in [4.78, 5) is 20.6. The van der Waals surface area contributed by atoms with Crippen molar-refractivity contribution in [1.29, 1.82) is 0 Å². The Morgan fingerprint density at radius 2 is 1.84 bits per heavy atom. The minimum atomic E-state index is -0.0105. The molecule has 0 atom stereocenters. The second-order valence-electron chi connectivity index (χ2n) is 6.31. The van der Waals surface area contributed by atoms with E-state index in [1.165, 1.54) is 0 Å².